The Kier molecular flexibility index (Phi) is 4.94. The van der Waals surface area contributed by atoms with Crippen LogP contribution in [0.2, 0.25) is 0 Å². The van der Waals surface area contributed by atoms with Crippen LogP contribution in [0.4, 0.5) is 5.69 Å². The summed E-state index contributed by atoms with van der Waals surface area (Å²) < 4.78 is 4.94. The van der Waals surface area contributed by atoms with Gasteiger partial charge in [0.2, 0.25) is 11.8 Å². The number of nitrogens with zero attached hydrogens (tertiary/aromatic N) is 1. The first kappa shape index (κ1) is 19.3. The van der Waals surface area contributed by atoms with Crippen LogP contribution in [0.1, 0.15) is 36.5 Å². The van der Waals surface area contributed by atoms with E-state index in [2.05, 4.69) is 5.32 Å². The van der Waals surface area contributed by atoms with Crippen LogP contribution >= 0.6 is 0 Å². The van der Waals surface area contributed by atoms with Gasteiger partial charge in [0.05, 0.1) is 11.8 Å². The number of hydrogen-bond acceptors (Lipinski definition) is 6. The van der Waals surface area contributed by atoms with Crippen molar-refractivity contribution in [2.75, 3.05) is 18.5 Å². The van der Waals surface area contributed by atoms with E-state index in [4.69, 9.17) is 4.74 Å². The smallest absolute Gasteiger partial charge is 0.326 e. The van der Waals surface area contributed by atoms with E-state index in [1.54, 1.807) is 18.2 Å². The number of anilines is 1. The second-order valence-corrected chi connectivity index (χ2v) is 7.99. The summed E-state index contributed by atoms with van der Waals surface area (Å²) in [7, 11) is 0. The van der Waals surface area contributed by atoms with Crippen molar-refractivity contribution in [3.8, 4) is 0 Å². The van der Waals surface area contributed by atoms with Crippen molar-refractivity contribution in [3.05, 3.63) is 29.8 Å². The highest BCUT2D eigenvalue weighted by Crippen LogP contribution is 2.56. The molecule has 4 rings (SSSR count). The summed E-state index contributed by atoms with van der Waals surface area (Å²) in [4.78, 5) is 61.6. The largest absolute Gasteiger partial charge is 0.454 e. The number of carbonyl (C=O) groups excluding carboxylic acids is 5. The first-order valence-corrected chi connectivity index (χ1v) is 9.77. The van der Waals surface area contributed by atoms with Crippen molar-refractivity contribution < 1.29 is 28.7 Å². The van der Waals surface area contributed by atoms with E-state index in [9.17, 15) is 24.0 Å². The second-order valence-electron chi connectivity index (χ2n) is 7.99. The molecule has 29 heavy (non-hydrogen) atoms. The lowest BCUT2D eigenvalue weighted by Gasteiger charge is -2.19. The fraction of sp³-hybridized carbons (Fsp3) is 0.476. The Hall–Kier alpha value is -3.03. The van der Waals surface area contributed by atoms with E-state index in [0.717, 1.165) is 24.2 Å². The third-order valence-electron chi connectivity index (χ3n) is 6.22. The van der Waals surface area contributed by atoms with Crippen molar-refractivity contribution >= 4 is 35.2 Å². The van der Waals surface area contributed by atoms with Gasteiger partial charge in [-0.3, -0.25) is 28.9 Å². The van der Waals surface area contributed by atoms with Crippen molar-refractivity contribution in [3.63, 3.8) is 0 Å². The number of nitrogens with one attached hydrogen (secondary N) is 1. The molecule has 1 heterocycles. The Morgan fingerprint density at radius 1 is 1.10 bits per heavy atom. The molecule has 4 atom stereocenters. The second kappa shape index (κ2) is 7.42. The summed E-state index contributed by atoms with van der Waals surface area (Å²) in [5.41, 5.74) is 0.859. The molecule has 2 aliphatic carbocycles. The first-order chi connectivity index (χ1) is 13.8. The number of Topliss-reactive ketones (excluding diaryl/α,β-unsaturated/α-hetero) is 1. The quantitative estimate of drug-likeness (QED) is 0.441. The topological polar surface area (TPSA) is 110 Å². The molecule has 0 radical (unpaired) electrons. The number of carbonyl (C=O) groups is 5. The number of fused-ring (bicyclic) bond motifs is 5. The molecule has 8 heteroatoms. The molecule has 1 aromatic carbocycles. The molecule has 0 aromatic heterocycles. The van der Waals surface area contributed by atoms with Gasteiger partial charge in [-0.1, -0.05) is 12.1 Å². The summed E-state index contributed by atoms with van der Waals surface area (Å²) in [6.45, 7) is 0.415. The van der Waals surface area contributed by atoms with E-state index < -0.39 is 25.0 Å². The molecule has 1 N–H and O–H groups in total. The fourth-order valence-corrected chi connectivity index (χ4v) is 4.96. The summed E-state index contributed by atoms with van der Waals surface area (Å²) in [5.74, 6) is -2.15. The van der Waals surface area contributed by atoms with E-state index in [1.165, 1.54) is 13.0 Å². The lowest BCUT2D eigenvalue weighted by atomic mass is 9.81. The van der Waals surface area contributed by atoms with Crippen LogP contribution in [-0.2, 0) is 23.9 Å². The summed E-state index contributed by atoms with van der Waals surface area (Å²) in [6, 6.07) is 6.40. The number of ketones is 1. The maximum absolute atomic E-state index is 12.6. The summed E-state index contributed by atoms with van der Waals surface area (Å²) in [5, 5.41) is 2.54. The molecule has 3 amide bonds. The normalized spacial score (nSPS) is 27.1. The molecule has 2 saturated carbocycles. The van der Waals surface area contributed by atoms with Crippen LogP contribution < -0.4 is 5.32 Å². The van der Waals surface area contributed by atoms with Crippen LogP contribution in [0, 0.1) is 23.7 Å². The molecule has 8 nitrogen and oxygen atoms in total. The molecule has 1 aliphatic heterocycles. The maximum Gasteiger partial charge on any atom is 0.326 e. The monoisotopic (exact) mass is 398 g/mol. The minimum Gasteiger partial charge on any atom is -0.454 e. The fourth-order valence-electron chi connectivity index (χ4n) is 4.96. The minimum atomic E-state index is -0.799. The number of amides is 3. The van der Waals surface area contributed by atoms with Crippen LogP contribution in [0.25, 0.3) is 0 Å². The van der Waals surface area contributed by atoms with E-state index in [-0.39, 0.29) is 41.3 Å². The van der Waals surface area contributed by atoms with Gasteiger partial charge in [-0.2, -0.15) is 0 Å². The van der Waals surface area contributed by atoms with Gasteiger partial charge in [0.1, 0.15) is 6.54 Å². The SMILES string of the molecule is CC(=O)c1cccc(NC(=O)COC(=O)CN2C(=O)[C@@H]3[C@H]4CC[C@@H](C4)[C@@H]3C2=O)c1. The van der Waals surface area contributed by atoms with E-state index in [0.29, 0.717) is 11.3 Å². The Balaban J connectivity index is 1.29. The predicted octanol–water partition coefficient (Wildman–Crippen LogP) is 1.40. The lowest BCUT2D eigenvalue weighted by Crippen LogP contribution is -2.38. The third-order valence-corrected chi connectivity index (χ3v) is 6.22. The van der Waals surface area contributed by atoms with E-state index >= 15 is 0 Å². The molecular weight excluding hydrogens is 376 g/mol. The molecule has 152 valence electrons. The lowest BCUT2D eigenvalue weighted by molar-refractivity contribution is -0.154. The molecular formula is C21H22N2O6. The van der Waals surface area contributed by atoms with Gasteiger partial charge in [-0.05, 0) is 50.2 Å². The number of esters is 1. The standard InChI is InChI=1S/C21H22N2O6/c1-11(24)12-3-2-4-15(8-12)22-16(25)10-29-17(26)9-23-20(27)18-13-5-6-14(7-13)19(18)21(23)28/h2-4,8,13-14,18-19H,5-7,9-10H2,1H3,(H,22,25)/t13-,14-,18-,19+/m0/s1. The van der Waals surface area contributed by atoms with Gasteiger partial charge >= 0.3 is 5.97 Å². The van der Waals surface area contributed by atoms with E-state index in [1.807, 2.05) is 0 Å². The Labute approximate surface area is 167 Å². The molecule has 1 saturated heterocycles. The van der Waals surface area contributed by atoms with Crippen molar-refractivity contribution in [2.24, 2.45) is 23.7 Å². The maximum atomic E-state index is 12.6. The minimum absolute atomic E-state index is 0.134. The zero-order valence-electron chi connectivity index (χ0n) is 16.1. The first-order valence-electron chi connectivity index (χ1n) is 9.77. The number of likely N-dealkylation sites (tertiary alicyclic amines) is 1. The third kappa shape index (κ3) is 3.54. The van der Waals surface area contributed by atoms with Crippen LogP contribution in [0.5, 0.6) is 0 Å². The van der Waals surface area contributed by atoms with Crippen molar-refractivity contribution in [1.29, 1.82) is 0 Å². The zero-order valence-corrected chi connectivity index (χ0v) is 16.1. The highest BCUT2D eigenvalue weighted by Gasteiger charge is 2.61. The highest BCUT2D eigenvalue weighted by atomic mass is 16.5. The number of rotatable bonds is 6. The van der Waals surface area contributed by atoms with Gasteiger partial charge in [-0.15, -0.1) is 0 Å². The molecule has 3 aliphatic rings. The van der Waals surface area contributed by atoms with Crippen LogP contribution in [0.15, 0.2) is 24.3 Å². The Morgan fingerprint density at radius 2 is 1.76 bits per heavy atom. The predicted molar refractivity (Wildman–Crippen MR) is 101 cm³/mol. The van der Waals surface area contributed by atoms with Crippen molar-refractivity contribution in [1.82, 2.24) is 4.90 Å². The van der Waals surface area contributed by atoms with Crippen LogP contribution in [-0.4, -0.2) is 47.5 Å². The average Bonchev–Trinajstić information content (AvgIpc) is 3.37. The molecule has 2 bridgehead atoms. The highest BCUT2D eigenvalue weighted by molar-refractivity contribution is 6.08. The van der Waals surface area contributed by atoms with Crippen molar-refractivity contribution in [2.45, 2.75) is 26.2 Å². The average molecular weight is 398 g/mol. The number of hydrogen-bond donors (Lipinski definition) is 1. The number of imide groups is 1. The Bertz CT molecular complexity index is 882. The molecule has 0 spiro atoms. The van der Waals surface area contributed by atoms with Crippen LogP contribution in [0.3, 0.4) is 0 Å². The van der Waals surface area contributed by atoms with Gasteiger partial charge < -0.3 is 10.1 Å². The number of ether oxygens (including phenoxy) is 1. The summed E-state index contributed by atoms with van der Waals surface area (Å²) >= 11 is 0. The van der Waals surface area contributed by atoms with Gasteiger partial charge in [0.15, 0.2) is 12.4 Å². The summed E-state index contributed by atoms with van der Waals surface area (Å²) in [6.07, 6.45) is 2.86. The van der Waals surface area contributed by atoms with Gasteiger partial charge in [0.25, 0.3) is 5.91 Å². The molecule has 3 fully saturated rings. The molecule has 1 aromatic rings. The zero-order chi connectivity index (χ0) is 20.7. The Morgan fingerprint density at radius 3 is 2.38 bits per heavy atom. The van der Waals surface area contributed by atoms with Gasteiger partial charge in [-0.25, -0.2) is 0 Å². The van der Waals surface area contributed by atoms with Gasteiger partial charge in [0, 0.05) is 11.3 Å². The number of benzene rings is 1. The molecule has 0 unspecified atom stereocenters.